The second-order valence-electron chi connectivity index (χ2n) is 4.64. The van der Waals surface area contributed by atoms with Gasteiger partial charge in [0.25, 0.3) is 0 Å². The third kappa shape index (κ3) is 5.17. The van der Waals surface area contributed by atoms with Crippen LogP contribution >= 0.6 is 0 Å². The summed E-state index contributed by atoms with van der Waals surface area (Å²) in [6.45, 7) is 5.97. The van der Waals surface area contributed by atoms with Crippen molar-refractivity contribution >= 4 is 5.91 Å². The van der Waals surface area contributed by atoms with E-state index in [1.807, 2.05) is 0 Å². The van der Waals surface area contributed by atoms with E-state index in [1.54, 1.807) is 0 Å². The highest BCUT2D eigenvalue weighted by atomic mass is 16.1. The SMILES string of the molecule is CCCN1CCC(CCCC(N)=O)CC1. The number of carbonyl (C=O) groups excluding carboxylic acids is 1. The number of carbonyl (C=O) groups is 1. The van der Waals surface area contributed by atoms with Crippen molar-refractivity contribution in [3.05, 3.63) is 0 Å². The zero-order chi connectivity index (χ0) is 11.1. The second-order valence-corrected chi connectivity index (χ2v) is 4.64. The summed E-state index contributed by atoms with van der Waals surface area (Å²) in [6, 6.07) is 0. The largest absolute Gasteiger partial charge is 0.370 e. The third-order valence-corrected chi connectivity index (χ3v) is 3.28. The number of amides is 1. The number of hydrogen-bond donors (Lipinski definition) is 1. The van der Waals surface area contributed by atoms with Crippen molar-refractivity contribution < 1.29 is 4.79 Å². The summed E-state index contributed by atoms with van der Waals surface area (Å²) in [5.41, 5.74) is 5.12. The van der Waals surface area contributed by atoms with Gasteiger partial charge in [-0.25, -0.2) is 0 Å². The Kier molecular flexibility index (Phi) is 5.69. The van der Waals surface area contributed by atoms with Crippen molar-refractivity contribution in [3.8, 4) is 0 Å². The van der Waals surface area contributed by atoms with Crippen LogP contribution in [0, 0.1) is 5.92 Å². The quantitative estimate of drug-likeness (QED) is 0.729. The first kappa shape index (κ1) is 12.5. The zero-order valence-corrected chi connectivity index (χ0v) is 9.87. The Bertz CT molecular complexity index is 186. The smallest absolute Gasteiger partial charge is 0.217 e. The molecule has 3 heteroatoms. The molecule has 88 valence electrons. The molecule has 1 amide bonds. The molecule has 0 spiro atoms. The van der Waals surface area contributed by atoms with Crippen LogP contribution in [0.5, 0.6) is 0 Å². The minimum atomic E-state index is -0.154. The molecule has 0 aromatic rings. The summed E-state index contributed by atoms with van der Waals surface area (Å²) in [5, 5.41) is 0. The summed E-state index contributed by atoms with van der Waals surface area (Å²) >= 11 is 0. The van der Waals surface area contributed by atoms with Crippen molar-refractivity contribution in [2.75, 3.05) is 19.6 Å². The first-order valence-corrected chi connectivity index (χ1v) is 6.23. The molecule has 2 N–H and O–H groups in total. The first-order chi connectivity index (χ1) is 7.22. The molecule has 1 aliphatic rings. The Morgan fingerprint density at radius 1 is 1.40 bits per heavy atom. The highest BCUT2D eigenvalue weighted by molar-refractivity contribution is 5.73. The summed E-state index contributed by atoms with van der Waals surface area (Å²) in [4.78, 5) is 13.1. The van der Waals surface area contributed by atoms with Gasteiger partial charge in [0.1, 0.15) is 0 Å². The van der Waals surface area contributed by atoms with Gasteiger partial charge in [0, 0.05) is 6.42 Å². The second kappa shape index (κ2) is 6.83. The van der Waals surface area contributed by atoms with Crippen LogP contribution < -0.4 is 5.73 Å². The molecule has 0 saturated carbocycles. The van der Waals surface area contributed by atoms with E-state index in [2.05, 4.69) is 11.8 Å². The normalized spacial score (nSPS) is 19.3. The lowest BCUT2D eigenvalue weighted by molar-refractivity contribution is -0.118. The lowest BCUT2D eigenvalue weighted by Crippen LogP contribution is -2.34. The van der Waals surface area contributed by atoms with Crippen molar-refractivity contribution in [3.63, 3.8) is 0 Å². The van der Waals surface area contributed by atoms with Crippen LogP contribution in [0.25, 0.3) is 0 Å². The Morgan fingerprint density at radius 3 is 2.60 bits per heavy atom. The number of nitrogens with two attached hydrogens (primary N) is 1. The van der Waals surface area contributed by atoms with Crippen molar-refractivity contribution in [2.45, 2.75) is 45.4 Å². The molecule has 0 aromatic heterocycles. The summed E-state index contributed by atoms with van der Waals surface area (Å²) in [6.07, 6.45) is 6.59. The molecule has 1 aliphatic heterocycles. The molecule has 0 atom stereocenters. The van der Waals surface area contributed by atoms with Crippen LogP contribution in [0.4, 0.5) is 0 Å². The van der Waals surface area contributed by atoms with Crippen LogP contribution in [0.2, 0.25) is 0 Å². The predicted octanol–water partition coefficient (Wildman–Crippen LogP) is 1.76. The predicted molar refractivity (Wildman–Crippen MR) is 62.5 cm³/mol. The van der Waals surface area contributed by atoms with Crippen LogP contribution in [-0.4, -0.2) is 30.4 Å². The minimum absolute atomic E-state index is 0.154. The fraction of sp³-hybridized carbons (Fsp3) is 0.917. The maximum absolute atomic E-state index is 10.6. The van der Waals surface area contributed by atoms with E-state index >= 15 is 0 Å². The van der Waals surface area contributed by atoms with Crippen molar-refractivity contribution in [2.24, 2.45) is 11.7 Å². The van der Waals surface area contributed by atoms with E-state index in [-0.39, 0.29) is 5.91 Å². The molecule has 0 unspecified atom stereocenters. The van der Waals surface area contributed by atoms with Gasteiger partial charge < -0.3 is 10.6 Å². The molecule has 0 aromatic carbocycles. The fourth-order valence-electron chi connectivity index (χ4n) is 2.38. The molecule has 1 heterocycles. The van der Waals surface area contributed by atoms with Gasteiger partial charge in [0.05, 0.1) is 0 Å². The van der Waals surface area contributed by atoms with Gasteiger partial charge >= 0.3 is 0 Å². The molecule has 1 saturated heterocycles. The van der Waals surface area contributed by atoms with Crippen LogP contribution in [0.1, 0.15) is 45.4 Å². The van der Waals surface area contributed by atoms with Gasteiger partial charge in [-0.1, -0.05) is 6.92 Å². The van der Waals surface area contributed by atoms with Gasteiger partial charge in [-0.2, -0.15) is 0 Å². The highest BCUT2D eigenvalue weighted by Crippen LogP contribution is 2.22. The average Bonchev–Trinajstić information content (AvgIpc) is 2.20. The van der Waals surface area contributed by atoms with E-state index < -0.39 is 0 Å². The number of piperidine rings is 1. The number of likely N-dealkylation sites (tertiary alicyclic amines) is 1. The molecular weight excluding hydrogens is 188 g/mol. The molecule has 0 bridgehead atoms. The Labute approximate surface area is 93.0 Å². The van der Waals surface area contributed by atoms with E-state index in [1.165, 1.54) is 45.3 Å². The molecular formula is C12H24N2O. The summed E-state index contributed by atoms with van der Waals surface area (Å²) < 4.78 is 0. The zero-order valence-electron chi connectivity index (χ0n) is 9.87. The van der Waals surface area contributed by atoms with Gasteiger partial charge in [0.2, 0.25) is 5.91 Å². The number of rotatable bonds is 6. The molecule has 3 nitrogen and oxygen atoms in total. The Hall–Kier alpha value is -0.570. The Morgan fingerprint density at radius 2 is 2.07 bits per heavy atom. The summed E-state index contributed by atoms with van der Waals surface area (Å²) in [7, 11) is 0. The standard InChI is InChI=1S/C12H24N2O/c1-2-8-14-9-6-11(7-10-14)4-3-5-12(13)15/h11H,2-10H2,1H3,(H2,13,15). The fourth-order valence-corrected chi connectivity index (χ4v) is 2.38. The van der Waals surface area contributed by atoms with Crippen LogP contribution in [0.3, 0.4) is 0 Å². The lowest BCUT2D eigenvalue weighted by Gasteiger charge is -2.31. The maximum Gasteiger partial charge on any atom is 0.217 e. The molecule has 15 heavy (non-hydrogen) atoms. The molecule has 1 fully saturated rings. The van der Waals surface area contributed by atoms with Gasteiger partial charge in [-0.15, -0.1) is 0 Å². The van der Waals surface area contributed by atoms with Crippen LogP contribution in [-0.2, 0) is 4.79 Å². The van der Waals surface area contributed by atoms with Crippen molar-refractivity contribution in [1.29, 1.82) is 0 Å². The summed E-state index contributed by atoms with van der Waals surface area (Å²) in [5.74, 6) is 0.677. The number of nitrogens with zero attached hydrogens (tertiary/aromatic N) is 1. The number of primary amides is 1. The molecule has 0 aliphatic carbocycles. The highest BCUT2D eigenvalue weighted by Gasteiger charge is 2.17. The monoisotopic (exact) mass is 212 g/mol. The average molecular weight is 212 g/mol. The van der Waals surface area contributed by atoms with E-state index in [0.29, 0.717) is 6.42 Å². The van der Waals surface area contributed by atoms with Gasteiger partial charge in [-0.05, 0) is 57.7 Å². The van der Waals surface area contributed by atoms with E-state index in [0.717, 1.165) is 12.3 Å². The van der Waals surface area contributed by atoms with Gasteiger partial charge in [-0.3, -0.25) is 4.79 Å². The van der Waals surface area contributed by atoms with Gasteiger partial charge in [0.15, 0.2) is 0 Å². The minimum Gasteiger partial charge on any atom is -0.370 e. The molecule has 1 rings (SSSR count). The van der Waals surface area contributed by atoms with E-state index in [9.17, 15) is 4.79 Å². The van der Waals surface area contributed by atoms with Crippen LogP contribution in [0.15, 0.2) is 0 Å². The van der Waals surface area contributed by atoms with E-state index in [4.69, 9.17) is 5.73 Å². The topological polar surface area (TPSA) is 46.3 Å². The number of hydrogen-bond acceptors (Lipinski definition) is 2. The molecule has 0 radical (unpaired) electrons. The lowest BCUT2D eigenvalue weighted by atomic mass is 9.91. The third-order valence-electron chi connectivity index (χ3n) is 3.28. The maximum atomic E-state index is 10.6. The van der Waals surface area contributed by atoms with Crippen molar-refractivity contribution in [1.82, 2.24) is 4.90 Å². The first-order valence-electron chi connectivity index (χ1n) is 6.23. The Balaban J connectivity index is 2.06.